The van der Waals surface area contributed by atoms with Crippen LogP contribution in [0.25, 0.3) is 0 Å². The van der Waals surface area contributed by atoms with E-state index < -0.39 is 83.9 Å². The fourth-order valence-electron chi connectivity index (χ4n) is 9.85. The van der Waals surface area contributed by atoms with Gasteiger partial charge in [-0.2, -0.15) is 0 Å². The van der Waals surface area contributed by atoms with Gasteiger partial charge >= 0.3 is 5.97 Å². The molecule has 3 unspecified atom stereocenters. The van der Waals surface area contributed by atoms with E-state index in [9.17, 15) is 44.4 Å². The van der Waals surface area contributed by atoms with Gasteiger partial charge in [0, 0.05) is 51.4 Å². The topological polar surface area (TPSA) is 206 Å². The molecule has 2 bridgehead atoms. The number of piperidine rings is 1. The standard InChI is InChI=1S/C50H77NO13/c1-29-15-11-10-12-16-30(2)40(53)27-37-20-18-35(7)50(60,64-37)47(57)48(58)51-22-14-13-17-38(51)49(59)63-42(32(4)25-36-19-21-39(52)43(26-36)61-8)28-41(54)31(3)24-34(6)45(56)46(62-9)44(55)33(5)23-29/h10-12,15-16,24,29,31-33,35-40,42-43,45-46,52-53,56,60H,13-14,17-23,25-28H2,1-9H3/b12-10+,15-11+,30-16+,34-24+/t29-,31-,32-,33-,35-,36?,37+,38?,39-,40+,42+,43-,45?,46+,50-/m1/s1. The summed E-state index contributed by atoms with van der Waals surface area (Å²) in [5.74, 6) is -8.24. The zero-order chi connectivity index (χ0) is 47.5. The molecule has 64 heavy (non-hydrogen) atoms. The molecule has 15 atom stereocenters. The van der Waals surface area contributed by atoms with Crippen LogP contribution in [0.1, 0.15) is 126 Å². The van der Waals surface area contributed by atoms with E-state index >= 15 is 0 Å². The molecule has 4 N–H and O–H groups in total. The molecule has 3 heterocycles. The normalized spacial score (nSPS) is 40.9. The number of nitrogens with zero attached hydrogens (tertiary/aromatic N) is 1. The van der Waals surface area contributed by atoms with E-state index in [-0.39, 0.29) is 61.2 Å². The minimum Gasteiger partial charge on any atom is -0.460 e. The number of esters is 1. The Kier molecular flexibility index (Phi) is 20.3. The third kappa shape index (κ3) is 13.8. The van der Waals surface area contributed by atoms with Crippen LogP contribution < -0.4 is 0 Å². The highest BCUT2D eigenvalue weighted by Crippen LogP contribution is 2.37. The van der Waals surface area contributed by atoms with Crippen LogP contribution in [0.3, 0.4) is 0 Å². The maximum atomic E-state index is 14.3. The molecule has 3 fully saturated rings. The number of amides is 1. The predicted octanol–water partition coefficient (Wildman–Crippen LogP) is 5.53. The lowest BCUT2D eigenvalue weighted by atomic mass is 9.78. The average Bonchev–Trinajstić information content (AvgIpc) is 3.26. The summed E-state index contributed by atoms with van der Waals surface area (Å²) >= 11 is 0. The Bertz CT molecular complexity index is 1740. The number of aliphatic hydroxyl groups is 4. The van der Waals surface area contributed by atoms with Crippen molar-refractivity contribution >= 4 is 29.2 Å². The van der Waals surface area contributed by atoms with E-state index in [0.29, 0.717) is 68.9 Å². The number of cyclic esters (lactones) is 1. The Hall–Kier alpha value is -3.37. The number of hydrogen-bond donors (Lipinski definition) is 4. The van der Waals surface area contributed by atoms with Gasteiger partial charge in [0.1, 0.15) is 30.1 Å². The molecule has 0 aromatic carbocycles. The second-order valence-corrected chi connectivity index (χ2v) is 19.4. The molecule has 0 spiro atoms. The van der Waals surface area contributed by atoms with Crippen molar-refractivity contribution in [3.8, 4) is 0 Å². The van der Waals surface area contributed by atoms with Crippen LogP contribution in [0.5, 0.6) is 0 Å². The van der Waals surface area contributed by atoms with Crippen molar-refractivity contribution in [1.29, 1.82) is 0 Å². The van der Waals surface area contributed by atoms with Gasteiger partial charge in [-0.05, 0) is 107 Å². The summed E-state index contributed by atoms with van der Waals surface area (Å²) in [6.45, 7) is 12.5. The lowest BCUT2D eigenvalue weighted by molar-refractivity contribution is -0.265. The molecule has 14 nitrogen and oxygen atoms in total. The molecule has 4 rings (SSSR count). The fourth-order valence-corrected chi connectivity index (χ4v) is 9.85. The SMILES string of the molecule is CO[C@H]1C(=O)[C@H](C)C[C@H](C)/C=C/C=C/C=C(\C)[C@@H](O)C[C@@H]2CC[C@@H](C)[C@@](O)(O2)C(=O)C(=O)N2CCCCC2C(=O)O[C@H]([C@H](C)CC2CC[C@@H](O)[C@H](OC)C2)CC(=O)[C@H](C)/C=C(\C)C1O. The molecular formula is C50H77NO13. The molecule has 1 saturated carbocycles. The number of fused-ring (bicyclic) bond motifs is 3. The molecule has 0 radical (unpaired) electrons. The zero-order valence-corrected chi connectivity index (χ0v) is 39.6. The maximum absolute atomic E-state index is 14.3. The van der Waals surface area contributed by atoms with Crippen molar-refractivity contribution in [2.24, 2.45) is 35.5 Å². The molecule has 1 amide bonds. The highest BCUT2D eigenvalue weighted by atomic mass is 16.6. The molecule has 0 aromatic rings. The number of aliphatic hydroxyl groups excluding tert-OH is 3. The van der Waals surface area contributed by atoms with Crippen LogP contribution in [0.4, 0.5) is 0 Å². The van der Waals surface area contributed by atoms with Crippen LogP contribution in [-0.2, 0) is 42.9 Å². The Balaban J connectivity index is 1.69. The zero-order valence-electron chi connectivity index (χ0n) is 39.6. The molecule has 0 aromatic heterocycles. The molecule has 3 aliphatic heterocycles. The van der Waals surface area contributed by atoms with Crippen LogP contribution in [0.15, 0.2) is 47.6 Å². The number of allylic oxidation sites excluding steroid dienone is 6. The van der Waals surface area contributed by atoms with Gasteiger partial charge < -0.3 is 44.3 Å². The Morgan fingerprint density at radius 1 is 0.859 bits per heavy atom. The van der Waals surface area contributed by atoms with Crippen LogP contribution in [0, 0.1) is 35.5 Å². The number of rotatable bonds is 5. The number of carbonyl (C=O) groups excluding carboxylic acids is 5. The van der Waals surface area contributed by atoms with Gasteiger partial charge in [-0.1, -0.05) is 71.1 Å². The summed E-state index contributed by atoms with van der Waals surface area (Å²) in [5.41, 5.74) is 1.000. The summed E-state index contributed by atoms with van der Waals surface area (Å²) in [4.78, 5) is 71.4. The van der Waals surface area contributed by atoms with Crippen molar-refractivity contribution in [3.63, 3.8) is 0 Å². The van der Waals surface area contributed by atoms with Crippen LogP contribution in [0.2, 0.25) is 0 Å². The lowest BCUT2D eigenvalue weighted by Gasteiger charge is -2.42. The number of ether oxygens (including phenoxy) is 4. The number of ketones is 3. The van der Waals surface area contributed by atoms with Gasteiger partial charge in [0.25, 0.3) is 11.7 Å². The van der Waals surface area contributed by atoms with E-state index in [0.717, 1.165) is 4.90 Å². The Morgan fingerprint density at radius 2 is 1.58 bits per heavy atom. The van der Waals surface area contributed by atoms with Gasteiger partial charge in [0.15, 0.2) is 5.78 Å². The highest BCUT2D eigenvalue weighted by Gasteiger charge is 2.53. The smallest absolute Gasteiger partial charge is 0.329 e. The first-order chi connectivity index (χ1) is 30.2. The first-order valence-electron chi connectivity index (χ1n) is 23.5. The van der Waals surface area contributed by atoms with Crippen molar-refractivity contribution < 1.29 is 63.3 Å². The van der Waals surface area contributed by atoms with Gasteiger partial charge in [0.05, 0.1) is 24.4 Å². The van der Waals surface area contributed by atoms with Gasteiger partial charge in [-0.3, -0.25) is 19.2 Å². The Labute approximate surface area is 380 Å². The minimum absolute atomic E-state index is 0.00489. The van der Waals surface area contributed by atoms with Crippen LogP contribution in [-0.4, -0.2) is 130 Å². The molecule has 360 valence electrons. The summed E-state index contributed by atoms with van der Waals surface area (Å²) in [6.07, 6.45) is 9.53. The van der Waals surface area contributed by atoms with E-state index in [1.807, 2.05) is 32.1 Å². The summed E-state index contributed by atoms with van der Waals surface area (Å²) in [5, 5.41) is 44.8. The first kappa shape index (κ1) is 53.2. The minimum atomic E-state index is -2.48. The lowest BCUT2D eigenvalue weighted by Crippen LogP contribution is -2.61. The molecule has 1 aliphatic carbocycles. The quantitative estimate of drug-likeness (QED) is 0.153. The van der Waals surface area contributed by atoms with Crippen molar-refractivity contribution in [1.82, 2.24) is 4.90 Å². The second kappa shape index (κ2) is 24.4. The fraction of sp³-hybridized carbons (Fsp3) is 0.740. The summed E-state index contributed by atoms with van der Waals surface area (Å²) in [7, 11) is 2.93. The maximum Gasteiger partial charge on any atom is 0.329 e. The largest absolute Gasteiger partial charge is 0.460 e. The molecule has 2 saturated heterocycles. The van der Waals surface area contributed by atoms with Crippen molar-refractivity contribution in [2.45, 2.75) is 180 Å². The first-order valence-corrected chi connectivity index (χ1v) is 23.5. The number of carbonyl (C=O) groups is 5. The number of hydrogen-bond acceptors (Lipinski definition) is 13. The summed E-state index contributed by atoms with van der Waals surface area (Å²) < 4.78 is 23.3. The molecule has 4 aliphatic rings. The van der Waals surface area contributed by atoms with E-state index in [1.165, 1.54) is 7.11 Å². The Morgan fingerprint density at radius 3 is 2.27 bits per heavy atom. The van der Waals surface area contributed by atoms with Gasteiger partial charge in [0.2, 0.25) is 5.79 Å². The monoisotopic (exact) mass is 900 g/mol. The number of methoxy groups -OCH3 is 2. The van der Waals surface area contributed by atoms with E-state index in [2.05, 4.69) is 0 Å². The third-order valence-corrected chi connectivity index (χ3v) is 14.2. The highest BCUT2D eigenvalue weighted by molar-refractivity contribution is 6.39. The molecule has 14 heteroatoms. The summed E-state index contributed by atoms with van der Waals surface area (Å²) in [6, 6.07) is -1.16. The van der Waals surface area contributed by atoms with Crippen LogP contribution >= 0.6 is 0 Å². The predicted molar refractivity (Wildman–Crippen MR) is 240 cm³/mol. The van der Waals surface area contributed by atoms with E-state index in [1.54, 1.807) is 60.0 Å². The second-order valence-electron chi connectivity index (χ2n) is 19.4. The van der Waals surface area contributed by atoms with Gasteiger partial charge in [-0.15, -0.1) is 0 Å². The van der Waals surface area contributed by atoms with Crippen molar-refractivity contribution in [3.05, 3.63) is 47.6 Å². The number of Topliss-reactive ketones (excluding diaryl/α,β-unsaturated/α-hetero) is 3. The van der Waals surface area contributed by atoms with E-state index in [4.69, 9.17) is 18.9 Å². The van der Waals surface area contributed by atoms with Crippen molar-refractivity contribution in [2.75, 3.05) is 20.8 Å². The average molecular weight is 900 g/mol. The van der Waals surface area contributed by atoms with Gasteiger partial charge in [-0.25, -0.2) is 4.79 Å². The molecular weight excluding hydrogens is 823 g/mol. The third-order valence-electron chi connectivity index (χ3n) is 14.2.